The molecule has 0 saturated heterocycles. The van der Waals surface area contributed by atoms with Gasteiger partial charge in [0.1, 0.15) is 5.75 Å². The minimum absolute atomic E-state index is 0.246. The van der Waals surface area contributed by atoms with Crippen molar-refractivity contribution in [2.75, 3.05) is 0 Å². The summed E-state index contributed by atoms with van der Waals surface area (Å²) in [4.78, 5) is 4.47. The van der Waals surface area contributed by atoms with Crippen molar-refractivity contribution in [1.82, 2.24) is 4.98 Å². The molecule has 0 amide bonds. The number of nitrogens with zero attached hydrogens (tertiary/aromatic N) is 1. The monoisotopic (exact) mass is 201 g/mol. The van der Waals surface area contributed by atoms with Crippen molar-refractivity contribution in [2.45, 2.75) is 26.7 Å². The molecular formula is C13H15NO. The first-order valence-corrected chi connectivity index (χ1v) is 5.18. The van der Waals surface area contributed by atoms with Crippen molar-refractivity contribution in [2.24, 2.45) is 0 Å². The standard InChI is InChI=1S/C13H15NO/c1-8(2)13-12(15)7-10-6-9(3)4-5-11(10)14-13/h4-8,15H,1-3H3. The number of fused-ring (bicyclic) bond motifs is 1. The molecule has 1 aromatic carbocycles. The van der Waals surface area contributed by atoms with E-state index in [-0.39, 0.29) is 5.92 Å². The third-order valence-electron chi connectivity index (χ3n) is 2.53. The Balaban J connectivity index is 2.71. The second-order valence-electron chi connectivity index (χ2n) is 4.24. The zero-order valence-electron chi connectivity index (χ0n) is 9.28. The quantitative estimate of drug-likeness (QED) is 0.767. The minimum atomic E-state index is 0.246. The van der Waals surface area contributed by atoms with Crippen molar-refractivity contribution >= 4 is 10.9 Å². The summed E-state index contributed by atoms with van der Waals surface area (Å²) >= 11 is 0. The van der Waals surface area contributed by atoms with Crippen LogP contribution in [0.1, 0.15) is 31.0 Å². The second kappa shape index (κ2) is 3.54. The van der Waals surface area contributed by atoms with Crippen LogP contribution in [0.15, 0.2) is 24.3 Å². The van der Waals surface area contributed by atoms with Crippen LogP contribution >= 0.6 is 0 Å². The van der Waals surface area contributed by atoms with E-state index in [4.69, 9.17) is 0 Å². The van der Waals surface area contributed by atoms with Gasteiger partial charge in [-0.05, 0) is 31.0 Å². The second-order valence-corrected chi connectivity index (χ2v) is 4.24. The average molecular weight is 201 g/mol. The van der Waals surface area contributed by atoms with E-state index in [9.17, 15) is 5.11 Å². The van der Waals surface area contributed by atoms with Crippen molar-refractivity contribution in [3.8, 4) is 5.75 Å². The van der Waals surface area contributed by atoms with Gasteiger partial charge in [-0.3, -0.25) is 0 Å². The van der Waals surface area contributed by atoms with Crippen LogP contribution in [0.25, 0.3) is 10.9 Å². The lowest BCUT2D eigenvalue weighted by Gasteiger charge is -2.09. The summed E-state index contributed by atoms with van der Waals surface area (Å²) in [5.74, 6) is 0.541. The largest absolute Gasteiger partial charge is 0.506 e. The van der Waals surface area contributed by atoms with E-state index in [1.165, 1.54) is 5.56 Å². The van der Waals surface area contributed by atoms with Gasteiger partial charge < -0.3 is 5.11 Å². The molecule has 0 bridgehead atoms. The number of hydrogen-bond acceptors (Lipinski definition) is 2. The predicted molar refractivity (Wildman–Crippen MR) is 62.2 cm³/mol. The van der Waals surface area contributed by atoms with Gasteiger partial charge in [0.2, 0.25) is 0 Å². The van der Waals surface area contributed by atoms with E-state index in [1.807, 2.05) is 39.0 Å². The van der Waals surface area contributed by atoms with Gasteiger partial charge in [0.05, 0.1) is 11.2 Å². The van der Waals surface area contributed by atoms with Crippen molar-refractivity contribution in [3.05, 3.63) is 35.5 Å². The van der Waals surface area contributed by atoms with Gasteiger partial charge in [-0.2, -0.15) is 0 Å². The lowest BCUT2D eigenvalue weighted by molar-refractivity contribution is 0.461. The molecule has 15 heavy (non-hydrogen) atoms. The number of rotatable bonds is 1. The zero-order valence-corrected chi connectivity index (χ0v) is 9.28. The maximum atomic E-state index is 9.81. The number of benzene rings is 1. The summed E-state index contributed by atoms with van der Waals surface area (Å²) in [7, 11) is 0. The number of aromatic hydroxyl groups is 1. The summed E-state index contributed by atoms with van der Waals surface area (Å²) in [5, 5.41) is 10.8. The van der Waals surface area contributed by atoms with Gasteiger partial charge in [-0.25, -0.2) is 4.98 Å². The molecule has 2 aromatic rings. The first-order valence-electron chi connectivity index (χ1n) is 5.18. The van der Waals surface area contributed by atoms with E-state index < -0.39 is 0 Å². The molecule has 0 radical (unpaired) electrons. The maximum Gasteiger partial charge on any atom is 0.137 e. The molecular weight excluding hydrogens is 186 g/mol. The van der Waals surface area contributed by atoms with Crippen LogP contribution in [0.2, 0.25) is 0 Å². The molecule has 2 heteroatoms. The third kappa shape index (κ3) is 1.80. The fraction of sp³-hybridized carbons (Fsp3) is 0.308. The van der Waals surface area contributed by atoms with Gasteiger partial charge in [-0.1, -0.05) is 25.5 Å². The van der Waals surface area contributed by atoms with Gasteiger partial charge in [0.15, 0.2) is 0 Å². The smallest absolute Gasteiger partial charge is 0.137 e. The summed E-state index contributed by atoms with van der Waals surface area (Å²) in [6.07, 6.45) is 0. The van der Waals surface area contributed by atoms with Crippen LogP contribution in [0.3, 0.4) is 0 Å². The van der Waals surface area contributed by atoms with Crippen LogP contribution in [0, 0.1) is 6.92 Å². The number of pyridine rings is 1. The molecule has 0 spiro atoms. The summed E-state index contributed by atoms with van der Waals surface area (Å²) < 4.78 is 0. The average Bonchev–Trinajstić information content (AvgIpc) is 2.15. The SMILES string of the molecule is Cc1ccc2nc(C(C)C)c(O)cc2c1. The highest BCUT2D eigenvalue weighted by atomic mass is 16.3. The van der Waals surface area contributed by atoms with Crippen molar-refractivity contribution in [1.29, 1.82) is 0 Å². The summed E-state index contributed by atoms with van der Waals surface area (Å²) in [6.45, 7) is 6.09. The molecule has 0 aliphatic rings. The fourth-order valence-corrected chi connectivity index (χ4v) is 1.72. The van der Waals surface area contributed by atoms with Gasteiger partial charge >= 0.3 is 0 Å². The molecule has 0 atom stereocenters. The predicted octanol–water partition coefficient (Wildman–Crippen LogP) is 3.37. The van der Waals surface area contributed by atoms with E-state index in [1.54, 1.807) is 6.07 Å². The topological polar surface area (TPSA) is 33.1 Å². The number of aromatic nitrogens is 1. The Kier molecular flexibility index (Phi) is 2.35. The Morgan fingerprint density at radius 2 is 1.93 bits per heavy atom. The minimum Gasteiger partial charge on any atom is -0.506 e. The highest BCUT2D eigenvalue weighted by molar-refractivity contribution is 5.81. The van der Waals surface area contributed by atoms with E-state index in [2.05, 4.69) is 4.98 Å². The van der Waals surface area contributed by atoms with Crippen LogP contribution in [-0.2, 0) is 0 Å². The maximum absolute atomic E-state index is 9.81. The fourth-order valence-electron chi connectivity index (χ4n) is 1.72. The Bertz CT molecular complexity index is 503. The zero-order chi connectivity index (χ0) is 11.0. The molecule has 0 aliphatic carbocycles. The lowest BCUT2D eigenvalue weighted by Crippen LogP contribution is -1.94. The highest BCUT2D eigenvalue weighted by Crippen LogP contribution is 2.27. The Labute approximate surface area is 89.6 Å². The van der Waals surface area contributed by atoms with Crippen molar-refractivity contribution < 1.29 is 5.11 Å². The molecule has 0 saturated carbocycles. The molecule has 2 nitrogen and oxygen atoms in total. The van der Waals surface area contributed by atoms with Gasteiger partial charge in [0, 0.05) is 5.39 Å². The molecule has 1 aromatic heterocycles. The first-order chi connectivity index (χ1) is 7.08. The summed E-state index contributed by atoms with van der Waals surface area (Å²) in [6, 6.07) is 7.86. The Hall–Kier alpha value is -1.57. The van der Waals surface area contributed by atoms with Gasteiger partial charge in [0.25, 0.3) is 0 Å². The molecule has 1 N–H and O–H groups in total. The third-order valence-corrected chi connectivity index (χ3v) is 2.53. The van der Waals surface area contributed by atoms with E-state index >= 15 is 0 Å². The molecule has 1 heterocycles. The Morgan fingerprint density at radius 3 is 2.60 bits per heavy atom. The number of aryl methyl sites for hydroxylation is 1. The number of hydrogen-bond donors (Lipinski definition) is 1. The van der Waals surface area contributed by atoms with Crippen LogP contribution in [-0.4, -0.2) is 10.1 Å². The van der Waals surface area contributed by atoms with Crippen molar-refractivity contribution in [3.63, 3.8) is 0 Å². The van der Waals surface area contributed by atoms with E-state index in [0.29, 0.717) is 5.75 Å². The molecule has 0 fully saturated rings. The van der Waals surface area contributed by atoms with Crippen LogP contribution in [0.5, 0.6) is 5.75 Å². The molecule has 2 rings (SSSR count). The molecule has 0 unspecified atom stereocenters. The van der Waals surface area contributed by atoms with Crippen LogP contribution < -0.4 is 0 Å². The van der Waals surface area contributed by atoms with E-state index in [0.717, 1.165) is 16.6 Å². The first kappa shape index (κ1) is 9.97. The molecule has 78 valence electrons. The van der Waals surface area contributed by atoms with Gasteiger partial charge in [-0.15, -0.1) is 0 Å². The lowest BCUT2D eigenvalue weighted by atomic mass is 10.1. The summed E-state index contributed by atoms with van der Waals surface area (Å²) in [5.41, 5.74) is 2.90. The molecule has 0 aliphatic heterocycles. The normalized spacial score (nSPS) is 11.2. The Morgan fingerprint density at radius 1 is 1.20 bits per heavy atom. The highest BCUT2D eigenvalue weighted by Gasteiger charge is 2.09. The van der Waals surface area contributed by atoms with Crippen LogP contribution in [0.4, 0.5) is 0 Å².